The highest BCUT2D eigenvalue weighted by atomic mass is 32.1. The van der Waals surface area contributed by atoms with Crippen LogP contribution in [0.3, 0.4) is 0 Å². The Morgan fingerprint density at radius 2 is 0.574 bits per heavy atom. The molecule has 9 aromatic carbocycles. The molecule has 4 heterocycles. The standard InChI is InChI=1S/C62H38N4S2/c1-3-19-39(20-4-1)41-23-17-25-43(37-41)57-55-51-33-13-15-35-53(51)67-61(55)65-59(63-57)49-31-11-9-29-47(49)45-27-7-8-28-46(45)48-30-10-12-32-50(48)60-64-58(56-52-34-14-16-36-54(52)68-62(56)66-60)44-26-18-24-42(38-44)40-21-5-2-6-22-40/h1-38H. The number of hydrogen-bond donors (Lipinski definition) is 0. The third-order valence-corrected chi connectivity index (χ3v) is 14.9. The minimum Gasteiger partial charge on any atom is -0.227 e. The van der Waals surface area contributed by atoms with Crippen LogP contribution in [0.4, 0.5) is 0 Å². The maximum absolute atomic E-state index is 5.54. The minimum atomic E-state index is 0.684. The first-order valence-electron chi connectivity index (χ1n) is 22.7. The summed E-state index contributed by atoms with van der Waals surface area (Å²) in [4.78, 5) is 23.8. The molecule has 13 aromatic rings. The molecule has 13 rings (SSSR count). The van der Waals surface area contributed by atoms with Gasteiger partial charge in [-0.2, -0.15) is 0 Å². The van der Waals surface area contributed by atoms with Crippen LogP contribution in [0, 0.1) is 0 Å². The van der Waals surface area contributed by atoms with Gasteiger partial charge < -0.3 is 0 Å². The molecule has 0 bridgehead atoms. The van der Waals surface area contributed by atoms with Crippen molar-refractivity contribution >= 4 is 63.3 Å². The van der Waals surface area contributed by atoms with Crippen LogP contribution in [0.15, 0.2) is 231 Å². The van der Waals surface area contributed by atoms with Crippen LogP contribution in [0.25, 0.3) is 130 Å². The third-order valence-electron chi connectivity index (χ3n) is 12.8. The second kappa shape index (κ2) is 16.8. The lowest BCUT2D eigenvalue weighted by molar-refractivity contribution is 1.24. The topological polar surface area (TPSA) is 51.6 Å². The zero-order valence-electron chi connectivity index (χ0n) is 36.5. The number of rotatable bonds is 8. The highest BCUT2D eigenvalue weighted by molar-refractivity contribution is 7.26. The predicted molar refractivity (Wildman–Crippen MR) is 287 cm³/mol. The molecule has 0 saturated carbocycles. The fourth-order valence-corrected chi connectivity index (χ4v) is 11.8. The van der Waals surface area contributed by atoms with E-state index in [1.807, 2.05) is 0 Å². The van der Waals surface area contributed by atoms with Crippen molar-refractivity contribution in [3.05, 3.63) is 231 Å². The molecule has 0 amide bonds. The molecular formula is C62H38N4S2. The van der Waals surface area contributed by atoms with Gasteiger partial charge in [-0.1, -0.05) is 206 Å². The minimum absolute atomic E-state index is 0.684. The van der Waals surface area contributed by atoms with Crippen LogP contribution in [0.2, 0.25) is 0 Å². The molecule has 318 valence electrons. The van der Waals surface area contributed by atoms with Crippen molar-refractivity contribution in [3.63, 3.8) is 0 Å². The predicted octanol–water partition coefficient (Wildman–Crippen LogP) is 17.3. The summed E-state index contributed by atoms with van der Waals surface area (Å²) in [5, 5.41) is 4.48. The third kappa shape index (κ3) is 6.97. The molecule has 0 unspecified atom stereocenters. The Labute approximate surface area is 401 Å². The van der Waals surface area contributed by atoms with E-state index in [4.69, 9.17) is 19.9 Å². The van der Waals surface area contributed by atoms with Crippen molar-refractivity contribution < 1.29 is 0 Å². The van der Waals surface area contributed by atoms with E-state index in [0.717, 1.165) is 98.2 Å². The summed E-state index contributed by atoms with van der Waals surface area (Å²) in [7, 11) is 0. The van der Waals surface area contributed by atoms with E-state index in [-0.39, 0.29) is 0 Å². The van der Waals surface area contributed by atoms with Gasteiger partial charge in [-0.3, -0.25) is 0 Å². The average molecular weight is 903 g/mol. The Bertz CT molecular complexity index is 3780. The van der Waals surface area contributed by atoms with E-state index >= 15 is 0 Å². The summed E-state index contributed by atoms with van der Waals surface area (Å²) >= 11 is 3.44. The SMILES string of the molecule is c1ccc(-c2cccc(-c3nc(-c4ccccc4-c4ccccc4-c4ccccc4-c4nc(-c5cccc(-c6ccccc6)c5)c5c(n4)sc4ccccc45)nc4sc5ccccc5c34)c2)cc1. The maximum atomic E-state index is 5.54. The summed E-state index contributed by atoms with van der Waals surface area (Å²) in [5.41, 5.74) is 14.7. The molecule has 6 heteroatoms. The Morgan fingerprint density at radius 1 is 0.250 bits per heavy atom. The number of hydrogen-bond acceptors (Lipinski definition) is 6. The summed E-state index contributed by atoms with van der Waals surface area (Å²) in [6.07, 6.45) is 0. The first-order chi connectivity index (χ1) is 33.7. The molecule has 0 atom stereocenters. The van der Waals surface area contributed by atoms with Gasteiger partial charge in [-0.05, 0) is 68.8 Å². The summed E-state index contributed by atoms with van der Waals surface area (Å²) in [6.45, 7) is 0. The van der Waals surface area contributed by atoms with E-state index in [0.29, 0.717) is 11.6 Å². The van der Waals surface area contributed by atoms with Gasteiger partial charge in [0.2, 0.25) is 0 Å². The van der Waals surface area contributed by atoms with Gasteiger partial charge in [0, 0.05) is 53.2 Å². The van der Waals surface area contributed by atoms with E-state index in [2.05, 4.69) is 231 Å². The van der Waals surface area contributed by atoms with Crippen LogP contribution in [0.5, 0.6) is 0 Å². The summed E-state index contributed by atoms with van der Waals surface area (Å²) in [5.74, 6) is 1.37. The molecule has 0 fully saturated rings. The summed E-state index contributed by atoms with van der Waals surface area (Å²) in [6, 6.07) is 81.5. The Kier molecular flexibility index (Phi) is 9.85. The van der Waals surface area contributed by atoms with Gasteiger partial charge in [-0.15, -0.1) is 22.7 Å². The zero-order valence-corrected chi connectivity index (χ0v) is 38.2. The number of benzene rings is 9. The molecule has 0 radical (unpaired) electrons. The van der Waals surface area contributed by atoms with E-state index in [9.17, 15) is 0 Å². The highest BCUT2D eigenvalue weighted by Crippen LogP contribution is 2.46. The molecule has 0 aliphatic heterocycles. The molecule has 4 aromatic heterocycles. The smallest absolute Gasteiger partial charge is 0.162 e. The van der Waals surface area contributed by atoms with Gasteiger partial charge in [0.15, 0.2) is 11.6 Å². The maximum Gasteiger partial charge on any atom is 0.162 e. The van der Waals surface area contributed by atoms with Crippen molar-refractivity contribution in [2.24, 2.45) is 0 Å². The van der Waals surface area contributed by atoms with Gasteiger partial charge in [0.05, 0.1) is 11.4 Å². The normalized spacial score (nSPS) is 11.5. The second-order valence-electron chi connectivity index (χ2n) is 16.9. The lowest BCUT2D eigenvalue weighted by atomic mass is 9.89. The first-order valence-corrected chi connectivity index (χ1v) is 24.3. The van der Waals surface area contributed by atoms with Crippen LogP contribution in [-0.4, -0.2) is 19.9 Å². The largest absolute Gasteiger partial charge is 0.227 e. The van der Waals surface area contributed by atoms with E-state index in [1.54, 1.807) is 22.7 Å². The highest BCUT2D eigenvalue weighted by Gasteiger charge is 2.23. The molecule has 0 aliphatic rings. The molecule has 4 nitrogen and oxygen atoms in total. The van der Waals surface area contributed by atoms with Crippen LogP contribution < -0.4 is 0 Å². The van der Waals surface area contributed by atoms with Crippen molar-refractivity contribution in [1.82, 2.24) is 19.9 Å². The van der Waals surface area contributed by atoms with Gasteiger partial charge >= 0.3 is 0 Å². The molecular weight excluding hydrogens is 865 g/mol. The fourth-order valence-electron chi connectivity index (χ4n) is 9.64. The molecule has 0 aliphatic carbocycles. The van der Waals surface area contributed by atoms with Crippen LogP contribution >= 0.6 is 22.7 Å². The molecule has 0 spiro atoms. The molecule has 68 heavy (non-hydrogen) atoms. The number of aromatic nitrogens is 4. The van der Waals surface area contributed by atoms with Crippen LogP contribution in [-0.2, 0) is 0 Å². The second-order valence-corrected chi connectivity index (χ2v) is 18.9. The van der Waals surface area contributed by atoms with Crippen molar-refractivity contribution in [2.75, 3.05) is 0 Å². The van der Waals surface area contributed by atoms with Crippen LogP contribution in [0.1, 0.15) is 0 Å². The van der Waals surface area contributed by atoms with Gasteiger partial charge in [-0.25, -0.2) is 19.9 Å². The number of fused-ring (bicyclic) bond motifs is 6. The quantitative estimate of drug-likeness (QED) is 0.152. The van der Waals surface area contributed by atoms with Crippen molar-refractivity contribution in [2.45, 2.75) is 0 Å². The number of thiophene rings is 2. The Morgan fingerprint density at radius 3 is 1.00 bits per heavy atom. The summed E-state index contributed by atoms with van der Waals surface area (Å²) < 4.78 is 2.38. The first kappa shape index (κ1) is 39.9. The number of nitrogens with zero attached hydrogens (tertiary/aromatic N) is 4. The monoisotopic (exact) mass is 902 g/mol. The lowest BCUT2D eigenvalue weighted by Gasteiger charge is -2.17. The van der Waals surface area contributed by atoms with E-state index in [1.165, 1.54) is 20.5 Å². The van der Waals surface area contributed by atoms with Crippen molar-refractivity contribution in [1.29, 1.82) is 0 Å². The Hall–Kier alpha value is -8.42. The average Bonchev–Trinajstić information content (AvgIpc) is 3.99. The fraction of sp³-hybridized carbons (Fsp3) is 0. The zero-order chi connectivity index (χ0) is 45.0. The Balaban J connectivity index is 0.983. The lowest BCUT2D eigenvalue weighted by Crippen LogP contribution is -1.98. The van der Waals surface area contributed by atoms with Gasteiger partial charge in [0.1, 0.15) is 9.66 Å². The van der Waals surface area contributed by atoms with Gasteiger partial charge in [0.25, 0.3) is 0 Å². The molecule has 0 N–H and O–H groups in total. The molecule has 0 saturated heterocycles. The van der Waals surface area contributed by atoms with E-state index < -0.39 is 0 Å². The van der Waals surface area contributed by atoms with Crippen molar-refractivity contribution in [3.8, 4) is 89.8 Å².